The average molecular weight is 386 g/mol. The summed E-state index contributed by atoms with van der Waals surface area (Å²) < 4.78 is 0. The van der Waals surface area contributed by atoms with E-state index in [9.17, 15) is 14.4 Å². The normalized spacial score (nSPS) is 26.8. The predicted octanol–water partition coefficient (Wildman–Crippen LogP) is 3.57. The Kier molecular flexibility index (Phi) is 4.31. The van der Waals surface area contributed by atoms with Gasteiger partial charge in [0.15, 0.2) is 0 Å². The van der Waals surface area contributed by atoms with Gasteiger partial charge in [-0.3, -0.25) is 14.4 Å². The molecule has 1 aliphatic heterocycles. The summed E-state index contributed by atoms with van der Waals surface area (Å²) in [7, 11) is 0. The van der Waals surface area contributed by atoms with Crippen molar-refractivity contribution < 1.29 is 14.4 Å². The first-order chi connectivity index (χ1) is 14.1. The van der Waals surface area contributed by atoms with Crippen molar-refractivity contribution in [1.29, 1.82) is 0 Å². The number of carbonyl (C=O) groups is 3. The summed E-state index contributed by atoms with van der Waals surface area (Å²) in [4.78, 5) is 39.6. The molecule has 0 aromatic heterocycles. The van der Waals surface area contributed by atoms with Crippen LogP contribution in [-0.4, -0.2) is 17.7 Å². The van der Waals surface area contributed by atoms with Crippen molar-refractivity contribution >= 4 is 29.1 Å². The Morgan fingerprint density at radius 1 is 0.931 bits per heavy atom. The fourth-order valence-corrected chi connectivity index (χ4v) is 5.01. The number of anilines is 2. The number of aryl methyl sites for hydroxylation is 1. The molecule has 2 aromatic carbocycles. The molecule has 1 heterocycles. The maximum Gasteiger partial charge on any atom is 0.238 e. The van der Waals surface area contributed by atoms with Crippen LogP contribution in [-0.2, 0) is 20.8 Å². The number of benzene rings is 2. The van der Waals surface area contributed by atoms with Gasteiger partial charge in [-0.2, -0.15) is 0 Å². The van der Waals surface area contributed by atoms with E-state index >= 15 is 0 Å². The second-order valence-corrected chi connectivity index (χ2v) is 8.10. The average Bonchev–Trinajstić information content (AvgIpc) is 3.41. The van der Waals surface area contributed by atoms with Gasteiger partial charge in [0.25, 0.3) is 0 Å². The van der Waals surface area contributed by atoms with Crippen LogP contribution in [0.1, 0.15) is 18.4 Å². The summed E-state index contributed by atoms with van der Waals surface area (Å²) in [5.41, 5.74) is 2.24. The molecule has 2 aliphatic carbocycles. The first-order valence-electron chi connectivity index (χ1n) is 10.1. The lowest BCUT2D eigenvalue weighted by molar-refractivity contribution is -0.123. The minimum absolute atomic E-state index is 0.0933. The SMILES string of the molecule is O=C(CCc1ccccc1)Nc1cccc(N2C(=O)C3C4C=CC(C4)C3C2=O)c1. The number of hydrogen-bond donors (Lipinski definition) is 1. The lowest BCUT2D eigenvalue weighted by atomic mass is 9.85. The molecule has 5 rings (SSSR count). The zero-order valence-corrected chi connectivity index (χ0v) is 16.0. The molecule has 29 heavy (non-hydrogen) atoms. The van der Waals surface area contributed by atoms with Gasteiger partial charge in [0.1, 0.15) is 0 Å². The zero-order chi connectivity index (χ0) is 20.0. The molecule has 2 bridgehead atoms. The molecule has 1 saturated heterocycles. The second-order valence-electron chi connectivity index (χ2n) is 8.10. The summed E-state index contributed by atoms with van der Waals surface area (Å²) in [6.07, 6.45) is 6.12. The first kappa shape index (κ1) is 17.9. The van der Waals surface area contributed by atoms with Gasteiger partial charge in [0.2, 0.25) is 17.7 Å². The highest BCUT2D eigenvalue weighted by Gasteiger charge is 2.59. The van der Waals surface area contributed by atoms with Crippen LogP contribution in [0.3, 0.4) is 0 Å². The topological polar surface area (TPSA) is 66.5 Å². The van der Waals surface area contributed by atoms with Crippen molar-refractivity contribution in [2.45, 2.75) is 19.3 Å². The standard InChI is InChI=1S/C24H22N2O3/c27-20(12-9-15-5-2-1-3-6-15)25-18-7-4-8-19(14-18)26-23(28)21-16-10-11-17(13-16)22(21)24(26)29/h1-8,10-11,14,16-17,21-22H,9,12-13H2,(H,25,27). The van der Waals surface area contributed by atoms with Crippen LogP contribution in [0.2, 0.25) is 0 Å². The molecule has 146 valence electrons. The van der Waals surface area contributed by atoms with Crippen LogP contribution >= 0.6 is 0 Å². The lowest BCUT2D eigenvalue weighted by Crippen LogP contribution is -2.32. The molecule has 2 aromatic rings. The Hall–Kier alpha value is -3.21. The highest BCUT2D eigenvalue weighted by Crippen LogP contribution is 2.53. The fourth-order valence-electron chi connectivity index (χ4n) is 5.01. The lowest BCUT2D eigenvalue weighted by Gasteiger charge is -2.18. The van der Waals surface area contributed by atoms with Gasteiger partial charge in [-0.05, 0) is 48.4 Å². The summed E-state index contributed by atoms with van der Waals surface area (Å²) >= 11 is 0. The molecular formula is C24H22N2O3. The van der Waals surface area contributed by atoms with E-state index in [0.717, 1.165) is 12.0 Å². The van der Waals surface area contributed by atoms with Gasteiger partial charge in [-0.15, -0.1) is 0 Å². The van der Waals surface area contributed by atoms with Crippen molar-refractivity contribution in [2.75, 3.05) is 10.2 Å². The smallest absolute Gasteiger partial charge is 0.238 e. The minimum atomic E-state index is -0.221. The van der Waals surface area contributed by atoms with E-state index in [1.807, 2.05) is 30.3 Å². The molecule has 3 amide bonds. The molecular weight excluding hydrogens is 364 g/mol. The zero-order valence-electron chi connectivity index (χ0n) is 16.0. The number of amides is 3. The highest BCUT2D eigenvalue weighted by molar-refractivity contribution is 6.23. The van der Waals surface area contributed by atoms with Crippen molar-refractivity contribution in [1.82, 2.24) is 0 Å². The Morgan fingerprint density at radius 3 is 2.31 bits per heavy atom. The van der Waals surface area contributed by atoms with Crippen LogP contribution in [0, 0.1) is 23.7 Å². The molecule has 0 spiro atoms. The molecule has 2 fully saturated rings. The van der Waals surface area contributed by atoms with Gasteiger partial charge in [-0.25, -0.2) is 4.90 Å². The summed E-state index contributed by atoms with van der Waals surface area (Å²) in [6, 6.07) is 16.9. The quantitative estimate of drug-likeness (QED) is 0.631. The maximum atomic E-state index is 13.0. The monoisotopic (exact) mass is 386 g/mol. The molecule has 5 nitrogen and oxygen atoms in total. The van der Waals surface area contributed by atoms with E-state index in [2.05, 4.69) is 17.5 Å². The minimum Gasteiger partial charge on any atom is -0.326 e. The second kappa shape index (κ2) is 6.99. The van der Waals surface area contributed by atoms with Gasteiger partial charge < -0.3 is 5.32 Å². The summed E-state index contributed by atoms with van der Waals surface area (Å²) in [5, 5.41) is 2.89. The number of carbonyl (C=O) groups excluding carboxylic acids is 3. The Morgan fingerprint density at radius 2 is 1.62 bits per heavy atom. The molecule has 0 radical (unpaired) electrons. The van der Waals surface area contributed by atoms with Crippen LogP contribution in [0.4, 0.5) is 11.4 Å². The van der Waals surface area contributed by atoms with E-state index in [1.54, 1.807) is 24.3 Å². The third kappa shape index (κ3) is 3.07. The number of allylic oxidation sites excluding steroid dienone is 2. The van der Waals surface area contributed by atoms with E-state index in [-0.39, 0.29) is 41.4 Å². The largest absolute Gasteiger partial charge is 0.326 e. The van der Waals surface area contributed by atoms with Crippen molar-refractivity contribution in [2.24, 2.45) is 23.7 Å². The fraction of sp³-hybridized carbons (Fsp3) is 0.292. The molecule has 4 unspecified atom stereocenters. The number of fused-ring (bicyclic) bond motifs is 5. The third-order valence-corrected chi connectivity index (χ3v) is 6.34. The number of nitrogens with zero attached hydrogens (tertiary/aromatic N) is 1. The van der Waals surface area contributed by atoms with Crippen molar-refractivity contribution in [3.8, 4) is 0 Å². The Balaban J connectivity index is 1.28. The summed E-state index contributed by atoms with van der Waals surface area (Å²) in [6.45, 7) is 0. The third-order valence-electron chi connectivity index (χ3n) is 6.34. The molecule has 5 heteroatoms. The van der Waals surface area contributed by atoms with Gasteiger partial charge in [0, 0.05) is 12.1 Å². The Labute approximate surface area is 169 Å². The van der Waals surface area contributed by atoms with E-state index in [0.29, 0.717) is 24.2 Å². The van der Waals surface area contributed by atoms with E-state index < -0.39 is 0 Å². The maximum absolute atomic E-state index is 13.0. The van der Waals surface area contributed by atoms with Gasteiger partial charge in [0.05, 0.1) is 17.5 Å². The van der Waals surface area contributed by atoms with Crippen molar-refractivity contribution in [3.63, 3.8) is 0 Å². The van der Waals surface area contributed by atoms with Crippen LogP contribution < -0.4 is 10.2 Å². The van der Waals surface area contributed by atoms with E-state index in [4.69, 9.17) is 0 Å². The number of imide groups is 1. The predicted molar refractivity (Wildman–Crippen MR) is 110 cm³/mol. The first-order valence-corrected chi connectivity index (χ1v) is 10.1. The number of rotatable bonds is 5. The number of nitrogens with one attached hydrogen (secondary N) is 1. The van der Waals surface area contributed by atoms with Crippen LogP contribution in [0.25, 0.3) is 0 Å². The molecule has 4 atom stereocenters. The number of hydrogen-bond acceptors (Lipinski definition) is 3. The van der Waals surface area contributed by atoms with Crippen molar-refractivity contribution in [3.05, 3.63) is 72.3 Å². The van der Waals surface area contributed by atoms with Crippen LogP contribution in [0.15, 0.2) is 66.7 Å². The molecule has 1 N–H and O–H groups in total. The molecule has 3 aliphatic rings. The van der Waals surface area contributed by atoms with Gasteiger partial charge in [-0.1, -0.05) is 48.6 Å². The van der Waals surface area contributed by atoms with Gasteiger partial charge >= 0.3 is 0 Å². The molecule has 1 saturated carbocycles. The highest BCUT2D eigenvalue weighted by atomic mass is 16.2. The van der Waals surface area contributed by atoms with E-state index in [1.165, 1.54) is 4.90 Å². The van der Waals surface area contributed by atoms with Crippen LogP contribution in [0.5, 0.6) is 0 Å². The summed E-state index contributed by atoms with van der Waals surface area (Å²) in [5.74, 6) is -0.374. The Bertz CT molecular complexity index is 984.